The van der Waals surface area contributed by atoms with Gasteiger partial charge in [-0.25, -0.2) is 0 Å². The highest BCUT2D eigenvalue weighted by molar-refractivity contribution is 5.33. The monoisotopic (exact) mass is 314 g/mol. The van der Waals surface area contributed by atoms with Crippen molar-refractivity contribution in [1.29, 1.82) is 0 Å². The molecule has 1 fully saturated rings. The molecule has 1 saturated carbocycles. The third-order valence-electron chi connectivity index (χ3n) is 5.33. The summed E-state index contributed by atoms with van der Waals surface area (Å²) >= 11 is 0. The lowest BCUT2D eigenvalue weighted by Crippen LogP contribution is -2.15. The summed E-state index contributed by atoms with van der Waals surface area (Å²) in [6.07, 6.45) is 15.8. The molecule has 0 spiro atoms. The third kappa shape index (κ3) is 6.41. The van der Waals surface area contributed by atoms with Crippen molar-refractivity contribution in [3.05, 3.63) is 42.5 Å². The van der Waals surface area contributed by atoms with Crippen LogP contribution < -0.4 is 4.74 Å². The molecule has 1 nitrogen and oxygen atoms in total. The largest absolute Gasteiger partial charge is 0.489 e. The molecule has 0 saturated heterocycles. The fraction of sp³-hybridized carbons (Fsp3) is 0.636. The van der Waals surface area contributed by atoms with Crippen LogP contribution in [0.2, 0.25) is 0 Å². The van der Waals surface area contributed by atoms with Gasteiger partial charge in [-0.05, 0) is 36.3 Å². The number of para-hydroxylation sites is 1. The SMILES string of the molecule is C=CCOc1ccccc1CCC1CCC(CCCCC)CC1. The molecule has 128 valence electrons. The highest BCUT2D eigenvalue weighted by Crippen LogP contribution is 2.34. The topological polar surface area (TPSA) is 9.23 Å². The molecular weight excluding hydrogens is 280 g/mol. The molecule has 1 aliphatic carbocycles. The summed E-state index contributed by atoms with van der Waals surface area (Å²) in [5.41, 5.74) is 1.36. The van der Waals surface area contributed by atoms with E-state index in [1.54, 1.807) is 0 Å². The van der Waals surface area contributed by atoms with Gasteiger partial charge >= 0.3 is 0 Å². The minimum absolute atomic E-state index is 0.597. The smallest absolute Gasteiger partial charge is 0.122 e. The van der Waals surface area contributed by atoms with Crippen molar-refractivity contribution in [3.8, 4) is 5.75 Å². The molecule has 1 aromatic carbocycles. The van der Waals surface area contributed by atoms with Crippen molar-refractivity contribution >= 4 is 0 Å². The van der Waals surface area contributed by atoms with Crippen LogP contribution in [-0.4, -0.2) is 6.61 Å². The minimum Gasteiger partial charge on any atom is -0.489 e. The van der Waals surface area contributed by atoms with Crippen LogP contribution >= 0.6 is 0 Å². The zero-order chi connectivity index (χ0) is 16.3. The molecule has 2 rings (SSSR count). The number of hydrogen-bond acceptors (Lipinski definition) is 1. The second kappa shape index (κ2) is 10.5. The van der Waals surface area contributed by atoms with Crippen molar-refractivity contribution in [2.45, 2.75) is 71.1 Å². The Morgan fingerprint density at radius 2 is 1.74 bits per heavy atom. The maximum atomic E-state index is 5.78. The van der Waals surface area contributed by atoms with Crippen LogP contribution in [0, 0.1) is 11.8 Å². The predicted molar refractivity (Wildman–Crippen MR) is 100 cm³/mol. The second-order valence-corrected chi connectivity index (χ2v) is 7.13. The lowest BCUT2D eigenvalue weighted by atomic mass is 9.78. The van der Waals surface area contributed by atoms with Gasteiger partial charge in [0.05, 0.1) is 0 Å². The van der Waals surface area contributed by atoms with Gasteiger partial charge in [0.1, 0.15) is 12.4 Å². The molecule has 0 aromatic heterocycles. The van der Waals surface area contributed by atoms with E-state index in [1.807, 2.05) is 6.08 Å². The van der Waals surface area contributed by atoms with E-state index in [2.05, 4.69) is 37.8 Å². The first-order chi connectivity index (χ1) is 11.3. The van der Waals surface area contributed by atoms with Gasteiger partial charge in [-0.15, -0.1) is 0 Å². The standard InChI is InChI=1S/C22H34O/c1-3-5-6-9-19-12-14-20(15-13-19)16-17-21-10-7-8-11-22(21)23-18-4-2/h4,7-8,10-11,19-20H,2-3,5-6,9,12-18H2,1H3. The van der Waals surface area contributed by atoms with Crippen LogP contribution in [0.15, 0.2) is 36.9 Å². The quantitative estimate of drug-likeness (QED) is 0.350. The fourth-order valence-electron chi connectivity index (χ4n) is 3.85. The van der Waals surface area contributed by atoms with Gasteiger partial charge in [0.25, 0.3) is 0 Å². The molecule has 0 aliphatic heterocycles. The molecule has 0 radical (unpaired) electrons. The van der Waals surface area contributed by atoms with E-state index in [9.17, 15) is 0 Å². The Bertz CT molecular complexity index is 443. The van der Waals surface area contributed by atoms with Gasteiger partial charge < -0.3 is 4.74 Å². The number of aryl methyl sites for hydroxylation is 1. The molecule has 0 unspecified atom stereocenters. The van der Waals surface area contributed by atoms with Gasteiger partial charge in [0.2, 0.25) is 0 Å². The summed E-state index contributed by atoms with van der Waals surface area (Å²) in [4.78, 5) is 0. The molecule has 0 heterocycles. The second-order valence-electron chi connectivity index (χ2n) is 7.13. The summed E-state index contributed by atoms with van der Waals surface area (Å²) < 4.78 is 5.78. The normalized spacial score (nSPS) is 21.1. The van der Waals surface area contributed by atoms with E-state index in [4.69, 9.17) is 4.74 Å². The Morgan fingerprint density at radius 1 is 1.04 bits per heavy atom. The van der Waals surface area contributed by atoms with Crippen molar-refractivity contribution < 1.29 is 4.74 Å². The molecule has 23 heavy (non-hydrogen) atoms. The van der Waals surface area contributed by atoms with Crippen LogP contribution in [0.3, 0.4) is 0 Å². The van der Waals surface area contributed by atoms with Crippen LogP contribution in [0.25, 0.3) is 0 Å². The van der Waals surface area contributed by atoms with Crippen LogP contribution in [0.4, 0.5) is 0 Å². The molecule has 0 N–H and O–H groups in total. The molecule has 1 aromatic rings. The van der Waals surface area contributed by atoms with E-state index in [1.165, 1.54) is 63.4 Å². The van der Waals surface area contributed by atoms with Crippen molar-refractivity contribution in [3.63, 3.8) is 0 Å². The Kier molecular flexibility index (Phi) is 8.28. The van der Waals surface area contributed by atoms with Gasteiger partial charge in [-0.3, -0.25) is 0 Å². The van der Waals surface area contributed by atoms with E-state index in [0.29, 0.717) is 6.61 Å². The maximum Gasteiger partial charge on any atom is 0.122 e. The van der Waals surface area contributed by atoms with Crippen molar-refractivity contribution in [2.24, 2.45) is 11.8 Å². The summed E-state index contributed by atoms with van der Waals surface area (Å²) in [7, 11) is 0. The average Bonchev–Trinajstić information content (AvgIpc) is 2.60. The summed E-state index contributed by atoms with van der Waals surface area (Å²) in [6, 6.07) is 8.49. The van der Waals surface area contributed by atoms with Gasteiger partial charge in [-0.1, -0.05) is 89.1 Å². The highest BCUT2D eigenvalue weighted by Gasteiger charge is 2.20. The van der Waals surface area contributed by atoms with Gasteiger partial charge in [0.15, 0.2) is 0 Å². The molecule has 0 amide bonds. The van der Waals surface area contributed by atoms with E-state index in [-0.39, 0.29) is 0 Å². The summed E-state index contributed by atoms with van der Waals surface area (Å²) in [5.74, 6) is 2.98. The lowest BCUT2D eigenvalue weighted by Gasteiger charge is -2.28. The number of ether oxygens (including phenoxy) is 1. The molecule has 1 heteroatoms. The number of rotatable bonds is 10. The lowest BCUT2D eigenvalue weighted by molar-refractivity contribution is 0.248. The van der Waals surface area contributed by atoms with Gasteiger partial charge in [-0.2, -0.15) is 0 Å². The minimum atomic E-state index is 0.597. The van der Waals surface area contributed by atoms with Crippen molar-refractivity contribution in [1.82, 2.24) is 0 Å². The van der Waals surface area contributed by atoms with Gasteiger partial charge in [0, 0.05) is 0 Å². The zero-order valence-electron chi connectivity index (χ0n) is 14.9. The fourth-order valence-corrected chi connectivity index (χ4v) is 3.85. The maximum absolute atomic E-state index is 5.78. The van der Waals surface area contributed by atoms with Crippen LogP contribution in [0.5, 0.6) is 5.75 Å². The molecular formula is C22H34O. The number of unbranched alkanes of at least 4 members (excludes halogenated alkanes) is 2. The van der Waals surface area contributed by atoms with Crippen molar-refractivity contribution in [2.75, 3.05) is 6.61 Å². The first-order valence-corrected chi connectivity index (χ1v) is 9.65. The third-order valence-corrected chi connectivity index (χ3v) is 5.33. The molecule has 1 aliphatic rings. The molecule has 0 atom stereocenters. The Hall–Kier alpha value is -1.24. The Balaban J connectivity index is 1.72. The first-order valence-electron chi connectivity index (χ1n) is 9.65. The highest BCUT2D eigenvalue weighted by atomic mass is 16.5. The molecule has 0 bridgehead atoms. The van der Waals surface area contributed by atoms with E-state index < -0.39 is 0 Å². The van der Waals surface area contributed by atoms with E-state index >= 15 is 0 Å². The zero-order valence-corrected chi connectivity index (χ0v) is 14.9. The number of benzene rings is 1. The Labute approximate surface area is 143 Å². The van der Waals surface area contributed by atoms with E-state index in [0.717, 1.165) is 24.0 Å². The van der Waals surface area contributed by atoms with Crippen LogP contribution in [-0.2, 0) is 6.42 Å². The van der Waals surface area contributed by atoms with Crippen LogP contribution in [0.1, 0.15) is 70.3 Å². The first kappa shape index (κ1) is 18.1. The average molecular weight is 315 g/mol. The number of hydrogen-bond donors (Lipinski definition) is 0. The summed E-state index contributed by atoms with van der Waals surface area (Å²) in [6.45, 7) is 6.63. The summed E-state index contributed by atoms with van der Waals surface area (Å²) in [5, 5.41) is 0. The predicted octanol–water partition coefficient (Wildman–Crippen LogP) is 6.57. The Morgan fingerprint density at radius 3 is 2.43 bits per heavy atom.